The Bertz CT molecular complexity index is 1320. The largest absolute Gasteiger partial charge is 0.386 e. The van der Waals surface area contributed by atoms with Gasteiger partial charge in [0.2, 0.25) is 0 Å². The molecule has 3 aromatic rings. The molecule has 2 aromatic carbocycles. The standard InChI is InChI=1S/C28H33FN4O2/c1-16(18-7-6-10-22(24(18)29)27(3,4)34)30-26-21-11-23(33-12-28(13-33)14-35-15-28)19-8-5-9-20(19)25(21)31-17(2)32-26/h6-7,10-11,16,34H,5,8-9,12-15H2,1-4H3,(H,30,31,32)/t16-/m1/s1. The van der Waals surface area contributed by atoms with E-state index in [1.165, 1.54) is 16.8 Å². The normalized spacial score (nSPS) is 19.4. The summed E-state index contributed by atoms with van der Waals surface area (Å²) in [6.45, 7) is 10.8. The summed E-state index contributed by atoms with van der Waals surface area (Å²) >= 11 is 0. The first-order valence-electron chi connectivity index (χ1n) is 12.6. The Balaban J connectivity index is 1.40. The second kappa shape index (κ2) is 7.87. The van der Waals surface area contributed by atoms with Crippen LogP contribution in [0.15, 0.2) is 24.3 Å². The smallest absolute Gasteiger partial charge is 0.138 e. The molecule has 0 bridgehead atoms. The number of nitrogens with one attached hydrogen (secondary N) is 1. The van der Waals surface area contributed by atoms with Crippen LogP contribution in [0.25, 0.3) is 10.9 Å². The number of ether oxygens (including phenoxy) is 1. The van der Waals surface area contributed by atoms with E-state index in [-0.39, 0.29) is 11.9 Å². The number of rotatable bonds is 5. The number of aliphatic hydroxyl groups is 1. The van der Waals surface area contributed by atoms with Crippen LogP contribution in [0.5, 0.6) is 0 Å². The van der Waals surface area contributed by atoms with Gasteiger partial charge in [-0.25, -0.2) is 14.4 Å². The van der Waals surface area contributed by atoms with E-state index in [0.717, 1.165) is 62.3 Å². The predicted molar refractivity (Wildman–Crippen MR) is 135 cm³/mol. The van der Waals surface area contributed by atoms with E-state index < -0.39 is 5.60 Å². The van der Waals surface area contributed by atoms with E-state index in [1.807, 2.05) is 13.8 Å². The molecule has 2 fully saturated rings. The molecule has 1 atom stereocenters. The predicted octanol–water partition coefficient (Wildman–Crippen LogP) is 4.80. The minimum atomic E-state index is -1.26. The minimum Gasteiger partial charge on any atom is -0.386 e. The Hall–Kier alpha value is -2.77. The first-order valence-corrected chi connectivity index (χ1v) is 12.6. The van der Waals surface area contributed by atoms with Crippen LogP contribution in [-0.2, 0) is 23.2 Å². The zero-order chi connectivity index (χ0) is 24.5. The van der Waals surface area contributed by atoms with Gasteiger partial charge in [0.15, 0.2) is 0 Å². The molecule has 35 heavy (non-hydrogen) atoms. The number of halogens is 1. The molecule has 6 rings (SSSR count). The Morgan fingerprint density at radius 3 is 2.60 bits per heavy atom. The lowest BCUT2D eigenvalue weighted by Crippen LogP contribution is -2.66. The van der Waals surface area contributed by atoms with E-state index in [1.54, 1.807) is 32.0 Å². The van der Waals surface area contributed by atoms with Crippen molar-refractivity contribution >= 4 is 22.4 Å². The SMILES string of the molecule is Cc1nc(N[C@H](C)c2cccc(C(C)(C)O)c2F)c2cc(N3CC4(COC4)C3)c3c(c2n1)CCC3. The van der Waals surface area contributed by atoms with Crippen LogP contribution in [0.2, 0.25) is 0 Å². The Morgan fingerprint density at radius 2 is 1.91 bits per heavy atom. The van der Waals surface area contributed by atoms with E-state index in [9.17, 15) is 5.11 Å². The van der Waals surface area contributed by atoms with Crippen LogP contribution in [0.1, 0.15) is 61.3 Å². The molecule has 0 radical (unpaired) electrons. The van der Waals surface area contributed by atoms with Crippen molar-refractivity contribution < 1.29 is 14.2 Å². The van der Waals surface area contributed by atoms with E-state index >= 15 is 4.39 Å². The molecule has 2 saturated heterocycles. The highest BCUT2D eigenvalue weighted by atomic mass is 19.1. The molecule has 0 amide bonds. The maximum atomic E-state index is 15.4. The van der Waals surface area contributed by atoms with Crippen molar-refractivity contribution in [1.29, 1.82) is 0 Å². The highest BCUT2D eigenvalue weighted by molar-refractivity contribution is 5.96. The minimum absolute atomic E-state index is 0.291. The molecule has 6 nitrogen and oxygen atoms in total. The van der Waals surface area contributed by atoms with Crippen molar-refractivity contribution in [2.24, 2.45) is 5.41 Å². The summed E-state index contributed by atoms with van der Waals surface area (Å²) in [5.74, 6) is 1.05. The molecule has 1 aliphatic carbocycles. The number of hydrogen-bond donors (Lipinski definition) is 2. The average Bonchev–Trinajstić information content (AvgIpc) is 3.22. The van der Waals surface area contributed by atoms with Gasteiger partial charge in [-0.3, -0.25) is 0 Å². The molecule has 7 heteroatoms. The van der Waals surface area contributed by atoms with Gasteiger partial charge in [0.25, 0.3) is 0 Å². The molecule has 0 unspecified atom stereocenters. The maximum Gasteiger partial charge on any atom is 0.138 e. The molecule has 1 aromatic heterocycles. The summed E-state index contributed by atoms with van der Waals surface area (Å²) in [6.07, 6.45) is 3.24. The van der Waals surface area contributed by atoms with E-state index in [4.69, 9.17) is 14.7 Å². The molecule has 0 saturated carbocycles. The van der Waals surface area contributed by atoms with Gasteiger partial charge in [-0.15, -0.1) is 0 Å². The molecule has 2 aliphatic heterocycles. The highest BCUT2D eigenvalue weighted by Crippen LogP contribution is 2.46. The van der Waals surface area contributed by atoms with Gasteiger partial charge in [-0.1, -0.05) is 18.2 Å². The highest BCUT2D eigenvalue weighted by Gasteiger charge is 2.49. The van der Waals surface area contributed by atoms with Crippen molar-refractivity contribution in [3.05, 3.63) is 58.2 Å². The van der Waals surface area contributed by atoms with Crippen molar-refractivity contribution in [2.75, 3.05) is 36.5 Å². The lowest BCUT2D eigenvalue weighted by Gasteiger charge is -2.56. The van der Waals surface area contributed by atoms with Crippen LogP contribution >= 0.6 is 0 Å². The summed E-state index contributed by atoms with van der Waals surface area (Å²) in [4.78, 5) is 12.1. The Labute approximate surface area is 205 Å². The molecule has 1 spiro atoms. The van der Waals surface area contributed by atoms with Gasteiger partial charge in [0, 0.05) is 35.3 Å². The topological polar surface area (TPSA) is 70.5 Å². The number of nitrogens with zero attached hydrogens (tertiary/aromatic N) is 3. The Morgan fingerprint density at radius 1 is 1.17 bits per heavy atom. The molecule has 3 aliphatic rings. The summed E-state index contributed by atoms with van der Waals surface area (Å²) < 4.78 is 20.9. The Kier molecular flexibility index (Phi) is 5.10. The lowest BCUT2D eigenvalue weighted by molar-refractivity contribution is -0.127. The van der Waals surface area contributed by atoms with E-state index in [2.05, 4.69) is 16.3 Å². The van der Waals surface area contributed by atoms with Gasteiger partial charge in [-0.2, -0.15) is 0 Å². The van der Waals surface area contributed by atoms with Gasteiger partial charge in [0.1, 0.15) is 17.5 Å². The van der Waals surface area contributed by atoms with Crippen molar-refractivity contribution in [1.82, 2.24) is 9.97 Å². The van der Waals surface area contributed by atoms with Crippen molar-refractivity contribution in [2.45, 2.75) is 58.6 Å². The molecule has 2 N–H and O–H groups in total. The first-order chi connectivity index (χ1) is 16.7. The summed E-state index contributed by atoms with van der Waals surface area (Å²) in [5, 5.41) is 14.9. The fourth-order valence-electron chi connectivity index (χ4n) is 6.00. The lowest BCUT2D eigenvalue weighted by atomic mass is 9.77. The fourth-order valence-corrected chi connectivity index (χ4v) is 6.00. The van der Waals surface area contributed by atoms with Crippen LogP contribution in [0, 0.1) is 18.2 Å². The number of hydrogen-bond acceptors (Lipinski definition) is 6. The monoisotopic (exact) mass is 476 g/mol. The summed E-state index contributed by atoms with van der Waals surface area (Å²) in [5.41, 5.74) is 4.94. The third-order valence-corrected chi connectivity index (χ3v) is 7.87. The quantitative estimate of drug-likeness (QED) is 0.551. The third kappa shape index (κ3) is 3.67. The molecular weight excluding hydrogens is 443 g/mol. The number of aromatic nitrogens is 2. The van der Waals surface area contributed by atoms with Crippen LogP contribution in [0.4, 0.5) is 15.9 Å². The van der Waals surface area contributed by atoms with Gasteiger partial charge < -0.3 is 20.1 Å². The summed E-state index contributed by atoms with van der Waals surface area (Å²) in [6, 6.07) is 7.09. The molecule has 3 heterocycles. The van der Waals surface area contributed by atoms with Crippen LogP contribution in [-0.4, -0.2) is 41.4 Å². The van der Waals surface area contributed by atoms with E-state index in [0.29, 0.717) is 22.4 Å². The average molecular weight is 477 g/mol. The van der Waals surface area contributed by atoms with Gasteiger partial charge in [0.05, 0.1) is 35.8 Å². The number of aryl methyl sites for hydroxylation is 2. The number of benzene rings is 2. The van der Waals surface area contributed by atoms with Crippen LogP contribution in [0.3, 0.4) is 0 Å². The number of fused-ring (bicyclic) bond motifs is 3. The molecular formula is C28H33FN4O2. The van der Waals surface area contributed by atoms with Gasteiger partial charge >= 0.3 is 0 Å². The zero-order valence-electron chi connectivity index (χ0n) is 20.9. The van der Waals surface area contributed by atoms with Crippen molar-refractivity contribution in [3.8, 4) is 0 Å². The van der Waals surface area contributed by atoms with Gasteiger partial charge in [-0.05, 0) is 64.2 Å². The second-order valence-corrected chi connectivity index (χ2v) is 11.2. The maximum absolute atomic E-state index is 15.4. The molecule has 184 valence electrons. The first kappa shape index (κ1) is 22.7. The summed E-state index contributed by atoms with van der Waals surface area (Å²) in [7, 11) is 0. The third-order valence-electron chi connectivity index (χ3n) is 7.87. The fraction of sp³-hybridized carbons (Fsp3) is 0.500. The van der Waals surface area contributed by atoms with Crippen molar-refractivity contribution in [3.63, 3.8) is 0 Å². The zero-order valence-corrected chi connectivity index (χ0v) is 20.9. The second-order valence-electron chi connectivity index (χ2n) is 11.2. The number of anilines is 2. The van der Waals surface area contributed by atoms with Crippen LogP contribution < -0.4 is 10.2 Å².